The highest BCUT2D eigenvalue weighted by Crippen LogP contribution is 2.21. The van der Waals surface area contributed by atoms with Gasteiger partial charge in [0.05, 0.1) is 5.71 Å². The molecule has 0 bridgehead atoms. The maximum Gasteiger partial charge on any atom is 0.184 e. The van der Waals surface area contributed by atoms with Gasteiger partial charge in [-0.05, 0) is 31.5 Å². The first-order valence-corrected chi connectivity index (χ1v) is 6.58. The third-order valence-electron chi connectivity index (χ3n) is 2.10. The van der Waals surface area contributed by atoms with E-state index in [0.717, 1.165) is 6.42 Å². The van der Waals surface area contributed by atoms with E-state index < -0.39 is 15.1 Å². The van der Waals surface area contributed by atoms with Crippen LogP contribution in [0.3, 0.4) is 0 Å². The number of hydrogen-bond acceptors (Lipinski definition) is 4. The van der Waals surface area contributed by atoms with Crippen LogP contribution >= 0.6 is 12.2 Å². The highest BCUT2D eigenvalue weighted by atomic mass is 32.2. The third-order valence-corrected chi connectivity index (χ3v) is 3.73. The summed E-state index contributed by atoms with van der Waals surface area (Å²) in [5.74, 6) is 0. The number of nitrogens with one attached hydrogen (secondary N) is 1. The average Bonchev–Trinajstić information content (AvgIpc) is 2.46. The number of hydrazone groups is 1. The van der Waals surface area contributed by atoms with Crippen LogP contribution in [0, 0.1) is 0 Å². The van der Waals surface area contributed by atoms with E-state index in [1.165, 1.54) is 6.26 Å². The summed E-state index contributed by atoms with van der Waals surface area (Å²) < 4.78 is 22.6. The van der Waals surface area contributed by atoms with E-state index in [0.29, 0.717) is 18.6 Å². The minimum absolute atomic E-state index is 0.0525. The maximum absolute atomic E-state index is 11.3. The van der Waals surface area contributed by atoms with Crippen molar-refractivity contribution in [3.05, 3.63) is 0 Å². The molecule has 1 atom stereocenters. The van der Waals surface area contributed by atoms with Crippen LogP contribution in [0.1, 0.15) is 19.3 Å². The van der Waals surface area contributed by atoms with Gasteiger partial charge in [0.25, 0.3) is 0 Å². The van der Waals surface area contributed by atoms with Crippen molar-refractivity contribution in [2.24, 2.45) is 10.8 Å². The summed E-state index contributed by atoms with van der Waals surface area (Å²) in [4.78, 5) is 0. The normalized spacial score (nSPS) is 25.2. The molecule has 3 N–H and O–H groups in total. The minimum atomic E-state index is -3.05. The zero-order valence-corrected chi connectivity index (χ0v) is 9.49. The van der Waals surface area contributed by atoms with Crippen LogP contribution < -0.4 is 11.2 Å². The first-order chi connectivity index (χ1) is 6.41. The maximum atomic E-state index is 11.3. The fraction of sp³-hybridized carbons (Fsp3) is 0.714. The highest BCUT2D eigenvalue weighted by molar-refractivity contribution is 7.92. The SMILES string of the molecule is CS(=O)(=O)C1CCC/C1=N\NC(N)=S. The third kappa shape index (κ3) is 2.91. The molecular weight excluding hydrogens is 222 g/mol. The molecular formula is C7H13N3O2S2. The number of sulfone groups is 1. The molecule has 14 heavy (non-hydrogen) atoms. The predicted molar refractivity (Wildman–Crippen MR) is 59.8 cm³/mol. The Morgan fingerprint density at radius 2 is 2.36 bits per heavy atom. The number of hydrogen-bond donors (Lipinski definition) is 2. The van der Waals surface area contributed by atoms with Gasteiger partial charge in [0.2, 0.25) is 0 Å². The van der Waals surface area contributed by atoms with Crippen molar-refractivity contribution in [2.75, 3.05) is 6.26 Å². The fourth-order valence-electron chi connectivity index (χ4n) is 1.51. The smallest absolute Gasteiger partial charge is 0.184 e. The Morgan fingerprint density at radius 1 is 1.71 bits per heavy atom. The number of thiocarbonyl (C=S) groups is 1. The van der Waals surface area contributed by atoms with Crippen molar-refractivity contribution >= 4 is 32.9 Å². The molecule has 1 fully saturated rings. The molecule has 0 heterocycles. The Kier molecular flexibility index (Phi) is 3.43. The Morgan fingerprint density at radius 3 is 2.86 bits per heavy atom. The molecule has 1 aliphatic carbocycles. The van der Waals surface area contributed by atoms with Crippen molar-refractivity contribution in [1.82, 2.24) is 5.43 Å². The fourth-order valence-corrected chi connectivity index (χ4v) is 2.82. The topological polar surface area (TPSA) is 84.5 Å². The van der Waals surface area contributed by atoms with Gasteiger partial charge in [-0.25, -0.2) is 8.42 Å². The molecule has 1 aliphatic rings. The van der Waals surface area contributed by atoms with Gasteiger partial charge in [-0.15, -0.1) is 0 Å². The first kappa shape index (κ1) is 11.4. The second-order valence-corrected chi connectivity index (χ2v) is 5.96. The Labute approximate surface area is 88.7 Å². The van der Waals surface area contributed by atoms with Crippen LogP contribution in [0.5, 0.6) is 0 Å². The van der Waals surface area contributed by atoms with Gasteiger partial charge in [0, 0.05) is 6.26 Å². The minimum Gasteiger partial charge on any atom is -0.375 e. The molecule has 1 unspecified atom stereocenters. The number of nitrogens with two attached hydrogens (primary N) is 1. The standard InChI is InChI=1S/C7H13N3O2S2/c1-14(11,12)6-4-2-3-5(6)9-10-7(8)13/h6H,2-4H2,1H3,(H3,8,10,13)/b9-5+. The second-order valence-electron chi connectivity index (χ2n) is 3.29. The van der Waals surface area contributed by atoms with Gasteiger partial charge < -0.3 is 5.73 Å². The first-order valence-electron chi connectivity index (χ1n) is 4.22. The van der Waals surface area contributed by atoms with Crippen LogP contribution in [0.4, 0.5) is 0 Å². The van der Waals surface area contributed by atoms with Crippen LogP contribution in [0.25, 0.3) is 0 Å². The molecule has 7 heteroatoms. The van der Waals surface area contributed by atoms with Crippen LogP contribution in [-0.4, -0.2) is 30.7 Å². The average molecular weight is 235 g/mol. The van der Waals surface area contributed by atoms with Crippen LogP contribution in [0.15, 0.2) is 5.10 Å². The molecule has 1 rings (SSSR count). The molecule has 0 aromatic carbocycles. The van der Waals surface area contributed by atoms with Crippen molar-refractivity contribution in [2.45, 2.75) is 24.5 Å². The lowest BCUT2D eigenvalue weighted by molar-refractivity contribution is 0.595. The number of rotatable bonds is 2. The van der Waals surface area contributed by atoms with E-state index in [-0.39, 0.29) is 5.11 Å². The Bertz CT molecular complexity index is 361. The van der Waals surface area contributed by atoms with E-state index >= 15 is 0 Å². The summed E-state index contributed by atoms with van der Waals surface area (Å²) in [7, 11) is -3.05. The van der Waals surface area contributed by atoms with Gasteiger partial charge in [0.1, 0.15) is 5.25 Å². The van der Waals surface area contributed by atoms with Crippen molar-refractivity contribution in [1.29, 1.82) is 0 Å². The molecule has 0 aromatic rings. The summed E-state index contributed by atoms with van der Waals surface area (Å²) in [6.45, 7) is 0. The molecule has 1 saturated carbocycles. The van der Waals surface area contributed by atoms with Crippen LogP contribution in [-0.2, 0) is 9.84 Å². The highest BCUT2D eigenvalue weighted by Gasteiger charge is 2.31. The summed E-state index contributed by atoms with van der Waals surface area (Å²) in [6, 6.07) is 0. The zero-order valence-electron chi connectivity index (χ0n) is 7.86. The summed E-state index contributed by atoms with van der Waals surface area (Å²) >= 11 is 4.57. The van der Waals surface area contributed by atoms with E-state index in [1.807, 2.05) is 0 Å². The monoisotopic (exact) mass is 235 g/mol. The lowest BCUT2D eigenvalue weighted by Gasteiger charge is -2.08. The van der Waals surface area contributed by atoms with Gasteiger partial charge in [-0.1, -0.05) is 0 Å². The van der Waals surface area contributed by atoms with Crippen molar-refractivity contribution < 1.29 is 8.42 Å². The molecule has 5 nitrogen and oxygen atoms in total. The Hall–Kier alpha value is -0.690. The van der Waals surface area contributed by atoms with E-state index in [1.54, 1.807) is 0 Å². The molecule has 80 valence electrons. The van der Waals surface area contributed by atoms with Gasteiger partial charge in [0.15, 0.2) is 14.9 Å². The molecule has 0 radical (unpaired) electrons. The predicted octanol–water partition coefficient (Wildman–Crippen LogP) is -0.227. The van der Waals surface area contributed by atoms with Gasteiger partial charge in [-0.2, -0.15) is 5.10 Å². The quantitative estimate of drug-likeness (QED) is 0.510. The molecule has 0 saturated heterocycles. The molecule has 0 spiro atoms. The number of nitrogens with zero attached hydrogens (tertiary/aromatic N) is 1. The van der Waals surface area contributed by atoms with E-state index in [9.17, 15) is 8.42 Å². The molecule has 0 aliphatic heterocycles. The van der Waals surface area contributed by atoms with Gasteiger partial charge >= 0.3 is 0 Å². The lowest BCUT2D eigenvalue weighted by Crippen LogP contribution is -2.30. The van der Waals surface area contributed by atoms with Crippen molar-refractivity contribution in [3.63, 3.8) is 0 Å². The largest absolute Gasteiger partial charge is 0.375 e. The Balaban J connectivity index is 2.79. The van der Waals surface area contributed by atoms with Crippen molar-refractivity contribution in [3.8, 4) is 0 Å². The van der Waals surface area contributed by atoms with Crippen LogP contribution in [0.2, 0.25) is 0 Å². The van der Waals surface area contributed by atoms with Gasteiger partial charge in [-0.3, -0.25) is 5.43 Å². The summed E-state index contributed by atoms with van der Waals surface area (Å²) in [6.07, 6.45) is 3.39. The lowest BCUT2D eigenvalue weighted by atomic mass is 10.3. The van der Waals surface area contributed by atoms with E-state index in [4.69, 9.17) is 5.73 Å². The van der Waals surface area contributed by atoms with E-state index in [2.05, 4.69) is 22.7 Å². The zero-order chi connectivity index (χ0) is 10.8. The second kappa shape index (κ2) is 4.22. The molecule has 0 aromatic heterocycles. The summed E-state index contributed by atoms with van der Waals surface area (Å²) in [5.41, 5.74) is 8.24. The summed E-state index contributed by atoms with van der Waals surface area (Å²) in [5, 5.41) is 3.48. The molecule has 0 amide bonds.